The van der Waals surface area contributed by atoms with Gasteiger partial charge in [0.25, 0.3) is 5.56 Å². The highest BCUT2D eigenvalue weighted by atomic mass is 35.5. The molecule has 0 atom stereocenters. The molecule has 4 nitrogen and oxygen atoms in total. The summed E-state index contributed by atoms with van der Waals surface area (Å²) in [5, 5.41) is 2.54. The lowest BCUT2D eigenvalue weighted by molar-refractivity contribution is 0.978. The molecule has 5 rings (SSSR count). The van der Waals surface area contributed by atoms with Crippen molar-refractivity contribution in [3.63, 3.8) is 0 Å². The number of H-pyrrole nitrogens is 1. The van der Waals surface area contributed by atoms with Gasteiger partial charge in [-0.3, -0.25) is 9.36 Å². The third-order valence-corrected chi connectivity index (χ3v) is 5.31. The van der Waals surface area contributed by atoms with Crippen LogP contribution in [-0.4, -0.2) is 14.5 Å². The number of aromatic amines is 1. The zero-order valence-corrected chi connectivity index (χ0v) is 16.0. The lowest BCUT2D eigenvalue weighted by Crippen LogP contribution is -2.22. The molecule has 0 aliphatic carbocycles. The van der Waals surface area contributed by atoms with Gasteiger partial charge in [0.15, 0.2) is 0 Å². The fraction of sp³-hybridized carbons (Fsp3) is 0. The van der Waals surface area contributed by atoms with Crippen molar-refractivity contribution < 1.29 is 0 Å². The first kappa shape index (κ1) is 17.0. The number of aromatic nitrogens is 3. The maximum atomic E-state index is 13.4. The second-order valence-electron chi connectivity index (χ2n) is 6.47. The summed E-state index contributed by atoms with van der Waals surface area (Å²) in [6, 6.07) is 20.2. The van der Waals surface area contributed by atoms with E-state index in [0.29, 0.717) is 32.3 Å². The van der Waals surface area contributed by atoms with Crippen molar-refractivity contribution in [3.05, 3.63) is 93.3 Å². The molecule has 0 unspecified atom stereocenters. The van der Waals surface area contributed by atoms with Crippen LogP contribution in [0.2, 0.25) is 10.0 Å². The molecule has 0 aliphatic rings. The molecule has 28 heavy (non-hydrogen) atoms. The van der Waals surface area contributed by atoms with Gasteiger partial charge in [-0.2, -0.15) is 0 Å². The van der Waals surface area contributed by atoms with Gasteiger partial charge in [0, 0.05) is 27.7 Å². The van der Waals surface area contributed by atoms with Crippen molar-refractivity contribution in [2.75, 3.05) is 0 Å². The van der Waals surface area contributed by atoms with E-state index >= 15 is 0 Å². The van der Waals surface area contributed by atoms with Crippen LogP contribution in [0.5, 0.6) is 0 Å². The standard InChI is InChI=1S/C22H13Cl2N3O/c23-14-5-7-17-20(12-14)26-21(16-3-1-2-4-18(16)24)27(22(17)28)15-6-8-19-13(11-15)9-10-25-19/h1-12,25H. The topological polar surface area (TPSA) is 50.7 Å². The van der Waals surface area contributed by atoms with Gasteiger partial charge in [0.05, 0.1) is 21.6 Å². The van der Waals surface area contributed by atoms with E-state index < -0.39 is 0 Å². The molecule has 0 radical (unpaired) electrons. The Kier molecular flexibility index (Phi) is 3.97. The van der Waals surface area contributed by atoms with Gasteiger partial charge < -0.3 is 4.98 Å². The van der Waals surface area contributed by atoms with Crippen molar-refractivity contribution in [3.8, 4) is 17.1 Å². The van der Waals surface area contributed by atoms with Gasteiger partial charge in [-0.25, -0.2) is 4.98 Å². The maximum Gasteiger partial charge on any atom is 0.266 e. The molecular weight excluding hydrogens is 393 g/mol. The Bertz CT molecular complexity index is 1420. The van der Waals surface area contributed by atoms with Crippen LogP contribution in [0.3, 0.4) is 0 Å². The summed E-state index contributed by atoms with van der Waals surface area (Å²) in [6.07, 6.45) is 1.87. The molecule has 0 spiro atoms. The molecule has 2 aromatic heterocycles. The van der Waals surface area contributed by atoms with Gasteiger partial charge in [-0.1, -0.05) is 35.3 Å². The van der Waals surface area contributed by atoms with E-state index in [0.717, 1.165) is 16.6 Å². The van der Waals surface area contributed by atoms with Crippen LogP contribution in [0.25, 0.3) is 38.9 Å². The molecule has 3 aromatic carbocycles. The fourth-order valence-corrected chi connectivity index (χ4v) is 3.79. The van der Waals surface area contributed by atoms with Crippen LogP contribution in [0.15, 0.2) is 77.7 Å². The predicted octanol–water partition coefficient (Wildman–Crippen LogP) is 5.84. The smallest absolute Gasteiger partial charge is 0.266 e. The highest BCUT2D eigenvalue weighted by Crippen LogP contribution is 2.29. The zero-order valence-electron chi connectivity index (χ0n) is 14.5. The molecule has 5 aromatic rings. The summed E-state index contributed by atoms with van der Waals surface area (Å²) in [4.78, 5) is 21.4. The second kappa shape index (κ2) is 6.51. The monoisotopic (exact) mass is 405 g/mol. The van der Waals surface area contributed by atoms with Crippen LogP contribution < -0.4 is 5.56 Å². The van der Waals surface area contributed by atoms with E-state index in [-0.39, 0.29) is 5.56 Å². The van der Waals surface area contributed by atoms with E-state index in [9.17, 15) is 4.79 Å². The Hall–Kier alpha value is -3.08. The Morgan fingerprint density at radius 2 is 1.79 bits per heavy atom. The quantitative estimate of drug-likeness (QED) is 0.400. The first-order valence-electron chi connectivity index (χ1n) is 8.66. The Morgan fingerprint density at radius 1 is 0.929 bits per heavy atom. The van der Waals surface area contributed by atoms with Crippen molar-refractivity contribution >= 4 is 45.0 Å². The molecule has 6 heteroatoms. The fourth-order valence-electron chi connectivity index (χ4n) is 3.40. The molecule has 0 aliphatic heterocycles. The Balaban J connectivity index is 1.92. The molecule has 136 valence electrons. The number of halogens is 2. The number of benzene rings is 3. The van der Waals surface area contributed by atoms with E-state index in [1.807, 2.05) is 48.7 Å². The van der Waals surface area contributed by atoms with Crippen molar-refractivity contribution in [1.29, 1.82) is 0 Å². The van der Waals surface area contributed by atoms with Crippen molar-refractivity contribution in [2.24, 2.45) is 0 Å². The lowest BCUT2D eigenvalue weighted by atomic mass is 10.1. The molecule has 0 saturated heterocycles. The largest absolute Gasteiger partial charge is 0.361 e. The molecule has 1 N–H and O–H groups in total. The van der Waals surface area contributed by atoms with Crippen LogP contribution in [0.1, 0.15) is 0 Å². The number of nitrogens with zero attached hydrogens (tertiary/aromatic N) is 2. The minimum Gasteiger partial charge on any atom is -0.361 e. The van der Waals surface area contributed by atoms with Gasteiger partial charge in [-0.05, 0) is 54.6 Å². The van der Waals surface area contributed by atoms with Crippen LogP contribution in [0, 0.1) is 0 Å². The third kappa shape index (κ3) is 2.70. The van der Waals surface area contributed by atoms with Crippen LogP contribution >= 0.6 is 23.2 Å². The van der Waals surface area contributed by atoms with E-state index in [1.165, 1.54) is 0 Å². The summed E-state index contributed by atoms with van der Waals surface area (Å²) in [5.41, 5.74) is 2.75. The third-order valence-electron chi connectivity index (χ3n) is 4.74. The van der Waals surface area contributed by atoms with Crippen LogP contribution in [-0.2, 0) is 0 Å². The summed E-state index contributed by atoms with van der Waals surface area (Å²) in [5.74, 6) is 0.472. The minimum absolute atomic E-state index is 0.175. The van der Waals surface area contributed by atoms with E-state index in [2.05, 4.69) is 4.98 Å². The highest BCUT2D eigenvalue weighted by Gasteiger charge is 2.17. The summed E-state index contributed by atoms with van der Waals surface area (Å²) >= 11 is 12.6. The second-order valence-corrected chi connectivity index (χ2v) is 7.31. The Labute approximate surface area is 170 Å². The zero-order chi connectivity index (χ0) is 19.3. The number of fused-ring (bicyclic) bond motifs is 2. The molecule has 0 fully saturated rings. The lowest BCUT2D eigenvalue weighted by Gasteiger charge is -2.15. The van der Waals surface area contributed by atoms with Gasteiger partial charge >= 0.3 is 0 Å². The van der Waals surface area contributed by atoms with Crippen molar-refractivity contribution in [2.45, 2.75) is 0 Å². The van der Waals surface area contributed by atoms with Crippen LogP contribution in [0.4, 0.5) is 0 Å². The van der Waals surface area contributed by atoms with Crippen molar-refractivity contribution in [1.82, 2.24) is 14.5 Å². The SMILES string of the molecule is O=c1c2ccc(Cl)cc2nc(-c2ccccc2Cl)n1-c1ccc2[nH]ccc2c1. The minimum atomic E-state index is -0.175. The molecule has 0 amide bonds. The van der Waals surface area contributed by atoms with Gasteiger partial charge in [0.2, 0.25) is 0 Å². The summed E-state index contributed by atoms with van der Waals surface area (Å²) in [7, 11) is 0. The van der Waals surface area contributed by atoms with E-state index in [1.54, 1.807) is 28.8 Å². The molecule has 0 saturated carbocycles. The number of hydrogen-bond donors (Lipinski definition) is 1. The number of hydrogen-bond acceptors (Lipinski definition) is 2. The molecule has 2 heterocycles. The normalized spacial score (nSPS) is 11.4. The number of nitrogens with one attached hydrogen (secondary N) is 1. The van der Waals surface area contributed by atoms with Gasteiger partial charge in [0.1, 0.15) is 5.82 Å². The highest BCUT2D eigenvalue weighted by molar-refractivity contribution is 6.33. The molecule has 0 bridgehead atoms. The average Bonchev–Trinajstić information content (AvgIpc) is 3.16. The maximum absolute atomic E-state index is 13.4. The van der Waals surface area contributed by atoms with Gasteiger partial charge in [-0.15, -0.1) is 0 Å². The molecular formula is C22H13Cl2N3O. The predicted molar refractivity (Wildman–Crippen MR) is 115 cm³/mol. The number of rotatable bonds is 2. The Morgan fingerprint density at radius 3 is 2.64 bits per heavy atom. The van der Waals surface area contributed by atoms with E-state index in [4.69, 9.17) is 28.2 Å². The first-order valence-corrected chi connectivity index (χ1v) is 9.42. The first-order chi connectivity index (χ1) is 13.6. The summed E-state index contributed by atoms with van der Waals surface area (Å²) < 4.78 is 1.60. The average molecular weight is 406 g/mol. The summed E-state index contributed by atoms with van der Waals surface area (Å²) in [6.45, 7) is 0.